The molecule has 0 saturated carbocycles. The molecule has 0 spiro atoms. The summed E-state index contributed by atoms with van der Waals surface area (Å²) >= 11 is 0. The van der Waals surface area contributed by atoms with E-state index in [4.69, 9.17) is 10.7 Å². The topological polar surface area (TPSA) is 42.1 Å². The molecule has 1 saturated heterocycles. The van der Waals surface area contributed by atoms with E-state index in [0.29, 0.717) is 6.04 Å². The normalized spacial score (nSPS) is 25.4. The molecule has 3 nitrogen and oxygen atoms in total. The Bertz CT molecular complexity index is 428. The van der Waals surface area contributed by atoms with E-state index in [0.717, 1.165) is 24.7 Å². The minimum absolute atomic E-state index is 0.195. The lowest BCUT2D eigenvalue weighted by Gasteiger charge is -2.39. The molecule has 3 atom stereocenters. The van der Waals surface area contributed by atoms with E-state index < -0.39 is 0 Å². The van der Waals surface area contributed by atoms with Gasteiger partial charge >= 0.3 is 0 Å². The third kappa shape index (κ3) is 3.27. The van der Waals surface area contributed by atoms with Gasteiger partial charge in [0.25, 0.3) is 0 Å². The van der Waals surface area contributed by atoms with Gasteiger partial charge in [-0.25, -0.2) is 4.98 Å². The summed E-state index contributed by atoms with van der Waals surface area (Å²) in [6.07, 6.45) is 5.51. The van der Waals surface area contributed by atoms with Gasteiger partial charge in [-0.3, -0.25) is 0 Å². The third-order valence-electron chi connectivity index (χ3n) is 4.31. The van der Waals surface area contributed by atoms with Crippen LogP contribution < -0.4 is 10.6 Å². The number of rotatable bonds is 3. The van der Waals surface area contributed by atoms with Crippen LogP contribution in [0, 0.1) is 12.8 Å². The van der Waals surface area contributed by atoms with Crippen LogP contribution in [0.25, 0.3) is 0 Å². The first-order valence-corrected chi connectivity index (χ1v) is 7.46. The zero-order valence-corrected chi connectivity index (χ0v) is 12.7. The van der Waals surface area contributed by atoms with Crippen molar-refractivity contribution in [1.82, 2.24) is 4.98 Å². The van der Waals surface area contributed by atoms with Gasteiger partial charge < -0.3 is 10.6 Å². The highest BCUT2D eigenvalue weighted by Gasteiger charge is 2.26. The molecule has 1 aromatic rings. The number of piperidine rings is 1. The quantitative estimate of drug-likeness (QED) is 0.909. The summed E-state index contributed by atoms with van der Waals surface area (Å²) < 4.78 is 0. The van der Waals surface area contributed by atoms with Crippen molar-refractivity contribution in [2.75, 3.05) is 11.4 Å². The van der Waals surface area contributed by atoms with Gasteiger partial charge in [-0.2, -0.15) is 0 Å². The van der Waals surface area contributed by atoms with E-state index in [9.17, 15) is 0 Å². The second-order valence-corrected chi connectivity index (χ2v) is 6.22. The molecule has 0 amide bonds. The maximum Gasteiger partial charge on any atom is 0.131 e. The third-order valence-corrected chi connectivity index (χ3v) is 4.31. The minimum atomic E-state index is 0.195. The summed E-state index contributed by atoms with van der Waals surface area (Å²) in [4.78, 5) is 7.18. The van der Waals surface area contributed by atoms with Crippen LogP contribution in [0.3, 0.4) is 0 Å². The lowest BCUT2D eigenvalue weighted by molar-refractivity contribution is 0.361. The summed E-state index contributed by atoms with van der Waals surface area (Å²) in [5.74, 6) is 1.91. The second kappa shape index (κ2) is 5.91. The number of nitrogens with zero attached hydrogens (tertiary/aromatic N) is 2. The Morgan fingerprint density at radius 1 is 1.47 bits per heavy atom. The first kappa shape index (κ1) is 14.3. The van der Waals surface area contributed by atoms with E-state index in [1.807, 2.05) is 13.1 Å². The predicted molar refractivity (Wildman–Crippen MR) is 81.5 cm³/mol. The van der Waals surface area contributed by atoms with Crippen LogP contribution in [0.2, 0.25) is 0 Å². The highest BCUT2D eigenvalue weighted by molar-refractivity contribution is 5.48. The van der Waals surface area contributed by atoms with Gasteiger partial charge in [-0.15, -0.1) is 0 Å². The molecular formula is C16H27N3. The first-order valence-electron chi connectivity index (χ1n) is 7.46. The van der Waals surface area contributed by atoms with Crippen molar-refractivity contribution >= 4 is 5.82 Å². The number of aromatic nitrogens is 1. The van der Waals surface area contributed by atoms with Crippen LogP contribution >= 0.6 is 0 Å². The zero-order valence-electron chi connectivity index (χ0n) is 12.7. The van der Waals surface area contributed by atoms with Gasteiger partial charge in [-0.1, -0.05) is 13.0 Å². The SMILES string of the molecule is Cc1cc(CC(C)N)cnc1N1CCCC(C)C1C. The number of pyridine rings is 1. The van der Waals surface area contributed by atoms with Crippen molar-refractivity contribution < 1.29 is 0 Å². The minimum Gasteiger partial charge on any atom is -0.353 e. The molecule has 0 radical (unpaired) electrons. The number of nitrogens with two attached hydrogens (primary N) is 1. The standard InChI is InChI=1S/C16H27N3/c1-11-6-5-7-19(14(11)4)16-12(2)8-15(10-18-16)9-13(3)17/h8,10-11,13-14H,5-7,9,17H2,1-4H3. The van der Waals surface area contributed by atoms with E-state index >= 15 is 0 Å². The zero-order chi connectivity index (χ0) is 14.0. The van der Waals surface area contributed by atoms with Crippen molar-refractivity contribution in [2.45, 2.75) is 59.0 Å². The molecule has 1 fully saturated rings. The van der Waals surface area contributed by atoms with Gasteiger partial charge in [0.1, 0.15) is 5.82 Å². The highest BCUT2D eigenvalue weighted by atomic mass is 15.2. The van der Waals surface area contributed by atoms with Gasteiger partial charge in [0.15, 0.2) is 0 Å². The molecule has 0 bridgehead atoms. The van der Waals surface area contributed by atoms with Crippen LogP contribution in [0.5, 0.6) is 0 Å². The Morgan fingerprint density at radius 3 is 2.84 bits per heavy atom. The van der Waals surface area contributed by atoms with Crippen molar-refractivity contribution in [1.29, 1.82) is 0 Å². The second-order valence-electron chi connectivity index (χ2n) is 6.22. The molecule has 2 N–H and O–H groups in total. The number of hydrogen-bond acceptors (Lipinski definition) is 3. The Kier molecular flexibility index (Phi) is 4.46. The summed E-state index contributed by atoms with van der Waals surface area (Å²) in [5, 5.41) is 0. The Hall–Kier alpha value is -1.09. The highest BCUT2D eigenvalue weighted by Crippen LogP contribution is 2.29. The van der Waals surface area contributed by atoms with Crippen molar-refractivity contribution in [3.63, 3.8) is 0 Å². The van der Waals surface area contributed by atoms with Crippen LogP contribution in [-0.2, 0) is 6.42 Å². The molecule has 2 heterocycles. The monoisotopic (exact) mass is 261 g/mol. The summed E-state index contributed by atoms with van der Waals surface area (Å²) in [5.41, 5.74) is 8.38. The Balaban J connectivity index is 2.20. The fourth-order valence-corrected chi connectivity index (χ4v) is 3.04. The molecule has 0 aliphatic carbocycles. The molecular weight excluding hydrogens is 234 g/mol. The predicted octanol–water partition coefficient (Wildman–Crippen LogP) is 2.90. The van der Waals surface area contributed by atoms with Gasteiger partial charge in [0.2, 0.25) is 0 Å². The van der Waals surface area contributed by atoms with Gasteiger partial charge in [0, 0.05) is 24.8 Å². The molecule has 2 rings (SSSR count). The maximum absolute atomic E-state index is 5.86. The number of aryl methyl sites for hydroxylation is 1. The molecule has 106 valence electrons. The largest absolute Gasteiger partial charge is 0.353 e. The van der Waals surface area contributed by atoms with E-state index in [-0.39, 0.29) is 6.04 Å². The Labute approximate surface area is 117 Å². The van der Waals surface area contributed by atoms with Crippen LogP contribution in [-0.4, -0.2) is 23.6 Å². The van der Waals surface area contributed by atoms with Gasteiger partial charge in [0.05, 0.1) is 0 Å². The summed E-state index contributed by atoms with van der Waals surface area (Å²) in [6, 6.07) is 3.03. The smallest absolute Gasteiger partial charge is 0.131 e. The Morgan fingerprint density at radius 2 is 2.21 bits per heavy atom. The number of hydrogen-bond donors (Lipinski definition) is 1. The molecule has 3 heteroatoms. The van der Waals surface area contributed by atoms with Crippen LogP contribution in [0.15, 0.2) is 12.3 Å². The molecule has 3 unspecified atom stereocenters. The lowest BCUT2D eigenvalue weighted by Crippen LogP contribution is -2.43. The first-order chi connectivity index (χ1) is 8.99. The van der Waals surface area contributed by atoms with Crippen LogP contribution in [0.4, 0.5) is 5.82 Å². The van der Waals surface area contributed by atoms with E-state index in [2.05, 4.69) is 31.7 Å². The van der Waals surface area contributed by atoms with Crippen molar-refractivity contribution in [3.8, 4) is 0 Å². The van der Waals surface area contributed by atoms with E-state index in [1.165, 1.54) is 24.0 Å². The van der Waals surface area contributed by atoms with Crippen LogP contribution in [0.1, 0.15) is 44.7 Å². The van der Waals surface area contributed by atoms with Crippen molar-refractivity contribution in [2.24, 2.45) is 11.7 Å². The van der Waals surface area contributed by atoms with Crippen molar-refractivity contribution in [3.05, 3.63) is 23.4 Å². The molecule has 1 aliphatic rings. The molecule has 1 aliphatic heterocycles. The molecule has 0 aromatic carbocycles. The molecule has 19 heavy (non-hydrogen) atoms. The van der Waals surface area contributed by atoms with E-state index in [1.54, 1.807) is 0 Å². The average Bonchev–Trinajstić information content (AvgIpc) is 2.33. The lowest BCUT2D eigenvalue weighted by atomic mass is 9.91. The fraction of sp³-hybridized carbons (Fsp3) is 0.688. The molecule has 1 aromatic heterocycles. The fourth-order valence-electron chi connectivity index (χ4n) is 3.04. The summed E-state index contributed by atoms with van der Waals surface area (Å²) in [7, 11) is 0. The number of anilines is 1. The maximum atomic E-state index is 5.86. The average molecular weight is 261 g/mol. The summed E-state index contributed by atoms with van der Waals surface area (Å²) in [6.45, 7) is 10.0. The van der Waals surface area contributed by atoms with Gasteiger partial charge in [-0.05, 0) is 57.1 Å².